The van der Waals surface area contributed by atoms with E-state index in [9.17, 15) is 0 Å². The van der Waals surface area contributed by atoms with E-state index in [2.05, 4.69) is 182 Å². The molecule has 9 aromatic carbocycles. The van der Waals surface area contributed by atoms with Gasteiger partial charge in [-0.1, -0.05) is 170 Å². The van der Waals surface area contributed by atoms with Crippen LogP contribution in [0.5, 0.6) is 0 Å². The first-order valence-corrected chi connectivity index (χ1v) is 20.9. The normalized spacial score (nSPS) is 11.7. The Balaban J connectivity index is 1.10. The summed E-state index contributed by atoms with van der Waals surface area (Å²) in [6.45, 7) is 0. The zero-order valence-electron chi connectivity index (χ0n) is 32.2. The molecule has 0 saturated carbocycles. The van der Waals surface area contributed by atoms with Gasteiger partial charge in [0.05, 0.1) is 0 Å². The summed E-state index contributed by atoms with van der Waals surface area (Å²) >= 11 is 1.79. The van der Waals surface area contributed by atoms with Crippen molar-refractivity contribution in [3.05, 3.63) is 200 Å². The van der Waals surface area contributed by atoms with Crippen molar-refractivity contribution in [2.45, 2.75) is 0 Å². The number of furan rings is 1. The first-order chi connectivity index (χ1) is 29.7. The van der Waals surface area contributed by atoms with Crippen molar-refractivity contribution < 1.29 is 4.42 Å². The van der Waals surface area contributed by atoms with Crippen LogP contribution in [0.25, 0.3) is 120 Å². The lowest BCUT2D eigenvalue weighted by Crippen LogP contribution is -2.01. The molecule has 3 heterocycles. The Morgan fingerprint density at radius 3 is 1.58 bits per heavy atom. The molecule has 0 radical (unpaired) electrons. The molecule has 0 N–H and O–H groups in total. The van der Waals surface area contributed by atoms with Gasteiger partial charge in [0.15, 0.2) is 17.5 Å². The predicted octanol–water partition coefficient (Wildman–Crippen LogP) is 15.3. The third-order valence-corrected chi connectivity index (χ3v) is 12.7. The monoisotopic (exact) mass is 783 g/mol. The van der Waals surface area contributed by atoms with Crippen LogP contribution in [0.15, 0.2) is 205 Å². The molecule has 12 aromatic rings. The number of benzene rings is 9. The lowest BCUT2D eigenvalue weighted by Gasteiger charge is -2.14. The number of hydrogen-bond donors (Lipinski definition) is 0. The maximum absolute atomic E-state index is 6.87. The molecule has 0 amide bonds. The second-order valence-corrected chi connectivity index (χ2v) is 16.1. The second kappa shape index (κ2) is 14.0. The van der Waals surface area contributed by atoms with Crippen LogP contribution >= 0.6 is 11.3 Å². The highest BCUT2D eigenvalue weighted by Gasteiger charge is 2.23. The number of para-hydroxylation sites is 1. The van der Waals surface area contributed by atoms with Gasteiger partial charge in [-0.25, -0.2) is 15.0 Å². The smallest absolute Gasteiger partial charge is 0.164 e. The molecule has 0 aliphatic carbocycles. The van der Waals surface area contributed by atoms with E-state index in [1.807, 2.05) is 18.2 Å². The molecule has 3 aromatic heterocycles. The zero-order chi connectivity index (χ0) is 39.6. The van der Waals surface area contributed by atoms with E-state index in [4.69, 9.17) is 19.4 Å². The van der Waals surface area contributed by atoms with Gasteiger partial charge in [-0.2, -0.15) is 0 Å². The van der Waals surface area contributed by atoms with E-state index in [1.54, 1.807) is 11.3 Å². The third-order valence-electron chi connectivity index (χ3n) is 11.6. The van der Waals surface area contributed by atoms with E-state index in [0.717, 1.165) is 71.7 Å². The zero-order valence-corrected chi connectivity index (χ0v) is 33.0. The molecule has 12 rings (SSSR count). The summed E-state index contributed by atoms with van der Waals surface area (Å²) in [6, 6.07) is 70.3. The van der Waals surface area contributed by atoms with Crippen LogP contribution in [0, 0.1) is 0 Å². The average molecular weight is 784 g/mol. The highest BCUT2D eigenvalue weighted by molar-refractivity contribution is 7.25. The van der Waals surface area contributed by atoms with Gasteiger partial charge in [-0.3, -0.25) is 0 Å². The molecule has 4 nitrogen and oxygen atoms in total. The molecule has 0 unspecified atom stereocenters. The third kappa shape index (κ3) is 5.63. The molecular formula is C55H33N3OS. The van der Waals surface area contributed by atoms with Gasteiger partial charge in [0.2, 0.25) is 0 Å². The standard InChI is InChI=1S/C55H33N3OS/c1-3-14-34(15-4-1)35-26-28-37(29-27-35)53-56-54(45-22-13-25-49-50(45)44-21-10-12-24-48(44)60-49)58-55(57-53)46-33-32-42(52-51(46)43-20-9-11-23-47(43)59-52)41-31-30-38(36-16-5-2-6-17-36)39-18-7-8-19-40(39)41/h1-33H. The minimum Gasteiger partial charge on any atom is -0.455 e. The summed E-state index contributed by atoms with van der Waals surface area (Å²) in [4.78, 5) is 15.9. The number of thiophene rings is 1. The lowest BCUT2D eigenvalue weighted by molar-refractivity contribution is 0.670. The fourth-order valence-corrected chi connectivity index (χ4v) is 9.91. The van der Waals surface area contributed by atoms with Crippen molar-refractivity contribution in [3.63, 3.8) is 0 Å². The van der Waals surface area contributed by atoms with Crippen molar-refractivity contribution in [1.82, 2.24) is 15.0 Å². The molecular weight excluding hydrogens is 751 g/mol. The molecule has 0 atom stereocenters. The van der Waals surface area contributed by atoms with Crippen LogP contribution in [0.2, 0.25) is 0 Å². The van der Waals surface area contributed by atoms with Crippen molar-refractivity contribution in [1.29, 1.82) is 0 Å². The summed E-state index contributed by atoms with van der Waals surface area (Å²) in [5.41, 5.74) is 11.2. The van der Waals surface area contributed by atoms with Gasteiger partial charge in [-0.15, -0.1) is 11.3 Å². The predicted molar refractivity (Wildman–Crippen MR) is 250 cm³/mol. The van der Waals surface area contributed by atoms with Gasteiger partial charge in [0.1, 0.15) is 11.2 Å². The fourth-order valence-electron chi connectivity index (χ4n) is 8.78. The van der Waals surface area contributed by atoms with E-state index < -0.39 is 0 Å². The SMILES string of the molecule is c1ccc(-c2ccc(-c3nc(-c4cccc5sc6ccccc6c45)nc(-c4ccc(-c5ccc(-c6ccccc6)c6ccccc56)c5oc6ccccc6c45)n3)cc2)cc1. The Morgan fingerprint density at radius 1 is 0.300 bits per heavy atom. The lowest BCUT2D eigenvalue weighted by atomic mass is 9.90. The number of nitrogens with zero attached hydrogens (tertiary/aromatic N) is 3. The molecule has 0 bridgehead atoms. The largest absolute Gasteiger partial charge is 0.455 e. The highest BCUT2D eigenvalue weighted by Crippen LogP contribution is 2.45. The number of rotatable bonds is 6. The highest BCUT2D eigenvalue weighted by atomic mass is 32.1. The Kier molecular flexibility index (Phi) is 8.00. The summed E-state index contributed by atoms with van der Waals surface area (Å²) in [6.07, 6.45) is 0. The number of aromatic nitrogens is 3. The van der Waals surface area contributed by atoms with E-state index in [1.165, 1.54) is 31.3 Å². The molecule has 0 fully saturated rings. The van der Waals surface area contributed by atoms with Gasteiger partial charge >= 0.3 is 0 Å². The van der Waals surface area contributed by atoms with E-state index in [-0.39, 0.29) is 0 Å². The van der Waals surface area contributed by atoms with E-state index in [0.29, 0.717) is 17.5 Å². The maximum atomic E-state index is 6.87. The molecule has 0 aliphatic rings. The Hall–Kier alpha value is -7.73. The van der Waals surface area contributed by atoms with Gasteiger partial charge in [0.25, 0.3) is 0 Å². The summed E-state index contributed by atoms with van der Waals surface area (Å²) in [5.74, 6) is 1.83. The molecule has 5 heteroatoms. The molecule has 0 aliphatic heterocycles. The minimum atomic E-state index is 0.589. The van der Waals surface area contributed by atoms with Crippen molar-refractivity contribution in [2.24, 2.45) is 0 Å². The van der Waals surface area contributed by atoms with Crippen LogP contribution < -0.4 is 0 Å². The maximum Gasteiger partial charge on any atom is 0.164 e. The summed E-state index contributed by atoms with van der Waals surface area (Å²) < 4.78 is 9.31. The van der Waals surface area contributed by atoms with Crippen LogP contribution in [-0.4, -0.2) is 15.0 Å². The van der Waals surface area contributed by atoms with E-state index >= 15 is 0 Å². The van der Waals surface area contributed by atoms with Crippen LogP contribution in [0.4, 0.5) is 0 Å². The fraction of sp³-hybridized carbons (Fsp3) is 0. The van der Waals surface area contributed by atoms with Crippen molar-refractivity contribution in [2.75, 3.05) is 0 Å². The first-order valence-electron chi connectivity index (χ1n) is 20.1. The van der Waals surface area contributed by atoms with Gasteiger partial charge < -0.3 is 4.42 Å². The van der Waals surface area contributed by atoms with Crippen molar-refractivity contribution in [3.8, 4) is 67.5 Å². The Bertz CT molecular complexity index is 3590. The average Bonchev–Trinajstić information content (AvgIpc) is 3.91. The Morgan fingerprint density at radius 2 is 0.817 bits per heavy atom. The minimum absolute atomic E-state index is 0.589. The van der Waals surface area contributed by atoms with Crippen LogP contribution in [-0.2, 0) is 0 Å². The molecule has 0 saturated heterocycles. The second-order valence-electron chi connectivity index (χ2n) is 15.1. The van der Waals surface area contributed by atoms with Crippen LogP contribution in [0.1, 0.15) is 0 Å². The first kappa shape index (κ1) is 34.3. The molecule has 60 heavy (non-hydrogen) atoms. The number of hydrogen-bond acceptors (Lipinski definition) is 5. The molecule has 280 valence electrons. The van der Waals surface area contributed by atoms with Crippen molar-refractivity contribution >= 4 is 64.2 Å². The van der Waals surface area contributed by atoms with Gasteiger partial charge in [0, 0.05) is 53.2 Å². The van der Waals surface area contributed by atoms with Crippen LogP contribution in [0.3, 0.4) is 0 Å². The summed E-state index contributed by atoms with van der Waals surface area (Å²) in [7, 11) is 0. The topological polar surface area (TPSA) is 51.8 Å². The number of fused-ring (bicyclic) bond motifs is 7. The quantitative estimate of drug-likeness (QED) is 0.169. The van der Waals surface area contributed by atoms with Gasteiger partial charge in [-0.05, 0) is 68.9 Å². The Labute approximate surface area is 349 Å². The molecule has 0 spiro atoms. The summed E-state index contributed by atoms with van der Waals surface area (Å²) in [5, 5.41) is 6.68.